The van der Waals surface area contributed by atoms with Crippen LogP contribution in [-0.2, 0) is 4.79 Å². The number of hydrogen-bond donors (Lipinski definition) is 2. The molecule has 0 radical (unpaired) electrons. The molecule has 1 aliphatic rings. The maximum atomic E-state index is 11.8. The molecule has 2 N–H and O–H groups in total. The largest absolute Gasteiger partial charge is 0.480 e. The summed E-state index contributed by atoms with van der Waals surface area (Å²) in [5.74, 6) is -0.953. The molecule has 92 valence electrons. The summed E-state index contributed by atoms with van der Waals surface area (Å²) in [5, 5.41) is 11.6. The zero-order valence-corrected chi connectivity index (χ0v) is 9.90. The maximum absolute atomic E-state index is 11.8. The van der Waals surface area contributed by atoms with E-state index in [0.717, 1.165) is 25.7 Å². The van der Waals surface area contributed by atoms with Crippen molar-refractivity contribution in [1.29, 1.82) is 0 Å². The van der Waals surface area contributed by atoms with Gasteiger partial charge in [0.25, 0.3) is 0 Å². The normalized spacial score (nSPS) is 16.4. The average molecular weight is 228 g/mol. The second-order valence-electron chi connectivity index (χ2n) is 4.56. The fourth-order valence-corrected chi connectivity index (χ4v) is 2.06. The summed E-state index contributed by atoms with van der Waals surface area (Å²) in [6.45, 7) is 3.53. The van der Waals surface area contributed by atoms with Crippen molar-refractivity contribution in [2.24, 2.45) is 0 Å². The van der Waals surface area contributed by atoms with E-state index < -0.39 is 5.97 Å². The summed E-state index contributed by atoms with van der Waals surface area (Å²) in [7, 11) is 0. The van der Waals surface area contributed by atoms with E-state index in [2.05, 4.69) is 5.32 Å². The number of rotatable bonds is 4. The van der Waals surface area contributed by atoms with E-state index in [9.17, 15) is 9.59 Å². The van der Waals surface area contributed by atoms with Crippen LogP contribution in [0.5, 0.6) is 0 Å². The van der Waals surface area contributed by atoms with Crippen LogP contribution in [-0.4, -0.2) is 40.6 Å². The molecule has 0 aromatic rings. The number of carboxylic acid groups (broad SMARTS) is 1. The van der Waals surface area contributed by atoms with Gasteiger partial charge in [-0.15, -0.1) is 0 Å². The van der Waals surface area contributed by atoms with E-state index in [-0.39, 0.29) is 24.7 Å². The summed E-state index contributed by atoms with van der Waals surface area (Å²) < 4.78 is 0. The van der Waals surface area contributed by atoms with Gasteiger partial charge in [-0.3, -0.25) is 4.79 Å². The van der Waals surface area contributed by atoms with Gasteiger partial charge in [0, 0.05) is 12.1 Å². The van der Waals surface area contributed by atoms with Crippen molar-refractivity contribution >= 4 is 12.0 Å². The number of aliphatic carboxylic acids is 1. The molecule has 0 heterocycles. The van der Waals surface area contributed by atoms with Gasteiger partial charge in [0.1, 0.15) is 6.54 Å². The van der Waals surface area contributed by atoms with Crippen molar-refractivity contribution in [2.45, 2.75) is 51.6 Å². The molecule has 1 saturated carbocycles. The summed E-state index contributed by atoms with van der Waals surface area (Å²) >= 11 is 0. The Kier molecular flexibility index (Phi) is 4.58. The molecule has 5 nitrogen and oxygen atoms in total. The number of hydrogen-bond acceptors (Lipinski definition) is 2. The van der Waals surface area contributed by atoms with E-state index in [1.165, 1.54) is 4.90 Å². The highest BCUT2D eigenvalue weighted by Gasteiger charge is 2.28. The predicted octanol–water partition coefficient (Wildman–Crippen LogP) is 1.43. The zero-order chi connectivity index (χ0) is 12.1. The van der Waals surface area contributed by atoms with Gasteiger partial charge >= 0.3 is 12.0 Å². The lowest BCUT2D eigenvalue weighted by Gasteiger charge is -2.28. The van der Waals surface area contributed by atoms with Gasteiger partial charge in [0.05, 0.1) is 0 Å². The molecule has 0 aromatic carbocycles. The summed E-state index contributed by atoms with van der Waals surface area (Å²) in [5.41, 5.74) is 0. The summed E-state index contributed by atoms with van der Waals surface area (Å²) in [6, 6.07) is -0.135. The fraction of sp³-hybridized carbons (Fsp3) is 0.818. The van der Waals surface area contributed by atoms with Crippen LogP contribution in [0.3, 0.4) is 0 Å². The number of nitrogens with one attached hydrogen (secondary N) is 1. The predicted molar refractivity (Wildman–Crippen MR) is 60.3 cm³/mol. The number of carboxylic acids is 1. The first kappa shape index (κ1) is 12.8. The topological polar surface area (TPSA) is 69.6 Å². The number of amides is 2. The Morgan fingerprint density at radius 3 is 2.38 bits per heavy atom. The van der Waals surface area contributed by atoms with Crippen LogP contribution in [0.1, 0.15) is 39.5 Å². The lowest BCUT2D eigenvalue weighted by Crippen LogP contribution is -2.49. The van der Waals surface area contributed by atoms with Crippen LogP contribution in [0, 0.1) is 0 Å². The smallest absolute Gasteiger partial charge is 0.323 e. The Morgan fingerprint density at radius 2 is 1.94 bits per heavy atom. The standard InChI is InChI=1S/C11H20N2O3/c1-8(2)12-11(16)13(7-10(14)15)9-5-3-4-6-9/h8-9H,3-7H2,1-2H3,(H,12,16)(H,14,15). The minimum atomic E-state index is -0.953. The van der Waals surface area contributed by atoms with E-state index in [1.54, 1.807) is 0 Å². The second kappa shape index (κ2) is 5.72. The minimum Gasteiger partial charge on any atom is -0.480 e. The van der Waals surface area contributed by atoms with E-state index >= 15 is 0 Å². The van der Waals surface area contributed by atoms with E-state index in [1.807, 2.05) is 13.8 Å². The molecule has 1 rings (SSSR count). The van der Waals surface area contributed by atoms with Crippen LogP contribution in [0.15, 0.2) is 0 Å². The minimum absolute atomic E-state index is 0.0326. The molecule has 2 amide bonds. The first-order chi connectivity index (χ1) is 7.50. The third-order valence-electron chi connectivity index (χ3n) is 2.74. The van der Waals surface area contributed by atoms with Gasteiger partial charge in [-0.1, -0.05) is 12.8 Å². The Bertz CT molecular complexity index is 260. The van der Waals surface area contributed by atoms with Crippen LogP contribution >= 0.6 is 0 Å². The van der Waals surface area contributed by atoms with Gasteiger partial charge in [0.15, 0.2) is 0 Å². The molecule has 0 atom stereocenters. The lowest BCUT2D eigenvalue weighted by atomic mass is 10.2. The monoisotopic (exact) mass is 228 g/mol. The highest BCUT2D eigenvalue weighted by molar-refractivity contribution is 5.80. The molecular weight excluding hydrogens is 208 g/mol. The van der Waals surface area contributed by atoms with Crippen molar-refractivity contribution in [3.8, 4) is 0 Å². The van der Waals surface area contributed by atoms with Crippen LogP contribution < -0.4 is 5.32 Å². The van der Waals surface area contributed by atoms with Crippen LogP contribution in [0.25, 0.3) is 0 Å². The SMILES string of the molecule is CC(C)NC(=O)N(CC(=O)O)C1CCCC1. The Morgan fingerprint density at radius 1 is 1.38 bits per heavy atom. The molecule has 0 bridgehead atoms. The molecule has 1 aliphatic carbocycles. The van der Waals surface area contributed by atoms with Gasteiger partial charge in [0.2, 0.25) is 0 Å². The molecule has 0 unspecified atom stereocenters. The van der Waals surface area contributed by atoms with Gasteiger partial charge in [-0.25, -0.2) is 4.79 Å². The van der Waals surface area contributed by atoms with E-state index in [4.69, 9.17) is 5.11 Å². The van der Waals surface area contributed by atoms with Crippen molar-refractivity contribution in [1.82, 2.24) is 10.2 Å². The molecule has 0 aliphatic heterocycles. The maximum Gasteiger partial charge on any atom is 0.323 e. The third-order valence-corrected chi connectivity index (χ3v) is 2.74. The molecule has 1 fully saturated rings. The second-order valence-corrected chi connectivity index (χ2v) is 4.56. The van der Waals surface area contributed by atoms with Gasteiger partial charge < -0.3 is 15.3 Å². The summed E-state index contributed by atoms with van der Waals surface area (Å²) in [4.78, 5) is 24.0. The summed E-state index contributed by atoms with van der Waals surface area (Å²) in [6.07, 6.45) is 3.99. The quantitative estimate of drug-likeness (QED) is 0.764. The van der Waals surface area contributed by atoms with Gasteiger partial charge in [-0.05, 0) is 26.7 Å². The van der Waals surface area contributed by atoms with E-state index in [0.29, 0.717) is 0 Å². The molecule has 0 aromatic heterocycles. The average Bonchev–Trinajstić information content (AvgIpc) is 2.64. The molecule has 16 heavy (non-hydrogen) atoms. The van der Waals surface area contributed by atoms with Crippen molar-refractivity contribution in [3.05, 3.63) is 0 Å². The first-order valence-corrected chi connectivity index (χ1v) is 5.79. The zero-order valence-electron chi connectivity index (χ0n) is 9.90. The Balaban J connectivity index is 2.61. The molecule has 5 heteroatoms. The molecule has 0 spiro atoms. The molecule has 0 saturated heterocycles. The van der Waals surface area contributed by atoms with Crippen molar-refractivity contribution < 1.29 is 14.7 Å². The fourth-order valence-electron chi connectivity index (χ4n) is 2.06. The number of carbonyl (C=O) groups is 2. The highest BCUT2D eigenvalue weighted by atomic mass is 16.4. The Labute approximate surface area is 95.8 Å². The van der Waals surface area contributed by atoms with Crippen molar-refractivity contribution in [2.75, 3.05) is 6.54 Å². The van der Waals surface area contributed by atoms with Crippen molar-refractivity contribution in [3.63, 3.8) is 0 Å². The number of urea groups is 1. The molecular formula is C11H20N2O3. The Hall–Kier alpha value is -1.26. The highest BCUT2D eigenvalue weighted by Crippen LogP contribution is 2.23. The lowest BCUT2D eigenvalue weighted by molar-refractivity contribution is -0.138. The number of nitrogens with zero attached hydrogens (tertiary/aromatic N) is 1. The van der Waals surface area contributed by atoms with Crippen LogP contribution in [0.2, 0.25) is 0 Å². The van der Waals surface area contributed by atoms with Gasteiger partial charge in [-0.2, -0.15) is 0 Å². The van der Waals surface area contributed by atoms with Crippen LogP contribution in [0.4, 0.5) is 4.79 Å². The number of carbonyl (C=O) groups excluding carboxylic acids is 1. The third kappa shape index (κ3) is 3.72. The first-order valence-electron chi connectivity index (χ1n) is 5.79.